The van der Waals surface area contributed by atoms with Gasteiger partial charge in [-0.2, -0.15) is 5.10 Å². The topological polar surface area (TPSA) is 89.0 Å². The lowest BCUT2D eigenvalue weighted by molar-refractivity contribution is -0.139. The third-order valence-electron chi connectivity index (χ3n) is 3.98. The molecule has 0 aliphatic carbocycles. The molecule has 0 aromatic heterocycles. The molecule has 9 heteroatoms. The summed E-state index contributed by atoms with van der Waals surface area (Å²) in [6, 6.07) is 10.6. The first-order valence-corrected chi connectivity index (χ1v) is 10.1. The molecule has 0 spiro atoms. The number of hydrogen-bond donors (Lipinski definition) is 2. The van der Waals surface area contributed by atoms with Crippen molar-refractivity contribution in [2.75, 3.05) is 13.7 Å². The predicted octanol–water partition coefficient (Wildman–Crippen LogP) is 3.95. The summed E-state index contributed by atoms with van der Waals surface area (Å²) < 4.78 is 11.1. The van der Waals surface area contributed by atoms with Crippen LogP contribution in [-0.2, 0) is 16.2 Å². The second-order valence-corrected chi connectivity index (χ2v) is 7.04. The maximum absolute atomic E-state index is 11.7. The zero-order valence-corrected chi connectivity index (χ0v) is 18.2. The number of carbonyl (C=O) groups is 2. The van der Waals surface area contributed by atoms with E-state index in [0.717, 1.165) is 18.4 Å². The van der Waals surface area contributed by atoms with Crippen molar-refractivity contribution in [2.45, 2.75) is 26.4 Å². The molecule has 0 saturated heterocycles. The molecular weight excluding hydrogens is 429 g/mol. The SMILES string of the molecule is CCCCNC(=O)C(=O)N/N=C\c1cc(Cl)c(OCc2ccccc2Cl)c(OC)c1. The smallest absolute Gasteiger partial charge is 0.329 e. The van der Waals surface area contributed by atoms with Crippen molar-refractivity contribution >= 4 is 41.2 Å². The van der Waals surface area contributed by atoms with Crippen molar-refractivity contribution in [1.29, 1.82) is 0 Å². The summed E-state index contributed by atoms with van der Waals surface area (Å²) in [5.41, 5.74) is 3.53. The van der Waals surface area contributed by atoms with Gasteiger partial charge in [0.1, 0.15) is 6.61 Å². The average molecular weight is 452 g/mol. The number of nitrogens with one attached hydrogen (secondary N) is 2. The Labute approximate surface area is 185 Å². The first-order valence-electron chi connectivity index (χ1n) is 9.31. The van der Waals surface area contributed by atoms with Crippen LogP contribution in [0.3, 0.4) is 0 Å². The van der Waals surface area contributed by atoms with E-state index in [-0.39, 0.29) is 6.61 Å². The van der Waals surface area contributed by atoms with Crippen LogP contribution in [0.25, 0.3) is 0 Å². The number of amides is 2. The first-order chi connectivity index (χ1) is 14.5. The molecule has 2 aromatic carbocycles. The molecule has 0 unspecified atom stereocenters. The minimum atomic E-state index is -0.847. The molecule has 0 aliphatic rings. The van der Waals surface area contributed by atoms with Crippen LogP contribution in [0.15, 0.2) is 41.5 Å². The molecular formula is C21H23Cl2N3O4. The van der Waals surface area contributed by atoms with E-state index >= 15 is 0 Å². The number of unbranched alkanes of at least 4 members (excludes halogenated alkanes) is 1. The van der Waals surface area contributed by atoms with E-state index < -0.39 is 11.8 Å². The Balaban J connectivity index is 2.02. The number of methoxy groups -OCH3 is 1. The Hall–Kier alpha value is -2.77. The van der Waals surface area contributed by atoms with Crippen molar-refractivity contribution in [3.8, 4) is 11.5 Å². The number of hydrogen-bond acceptors (Lipinski definition) is 5. The van der Waals surface area contributed by atoms with Gasteiger partial charge in [0.05, 0.1) is 18.3 Å². The van der Waals surface area contributed by atoms with Crippen LogP contribution in [0.5, 0.6) is 11.5 Å². The average Bonchev–Trinajstić information content (AvgIpc) is 2.73. The van der Waals surface area contributed by atoms with E-state index in [1.165, 1.54) is 13.3 Å². The van der Waals surface area contributed by atoms with E-state index in [4.69, 9.17) is 32.7 Å². The Morgan fingerprint density at radius 3 is 2.60 bits per heavy atom. The zero-order valence-electron chi connectivity index (χ0n) is 16.7. The van der Waals surface area contributed by atoms with Gasteiger partial charge in [-0.3, -0.25) is 9.59 Å². The van der Waals surface area contributed by atoms with Crippen LogP contribution < -0.4 is 20.2 Å². The van der Waals surface area contributed by atoms with Crippen LogP contribution >= 0.6 is 23.2 Å². The minimum absolute atomic E-state index is 0.215. The summed E-state index contributed by atoms with van der Waals surface area (Å²) in [6.45, 7) is 2.64. The van der Waals surface area contributed by atoms with Crippen molar-refractivity contribution < 1.29 is 19.1 Å². The third kappa shape index (κ3) is 6.93. The fourth-order valence-corrected chi connectivity index (χ4v) is 2.86. The number of nitrogens with zero attached hydrogens (tertiary/aromatic N) is 1. The second kappa shape index (κ2) is 12.0. The molecule has 0 atom stereocenters. The molecule has 2 amide bonds. The van der Waals surface area contributed by atoms with E-state index in [9.17, 15) is 9.59 Å². The highest BCUT2D eigenvalue weighted by molar-refractivity contribution is 6.35. The van der Waals surface area contributed by atoms with Crippen molar-refractivity contribution in [1.82, 2.24) is 10.7 Å². The van der Waals surface area contributed by atoms with Crippen LogP contribution in [-0.4, -0.2) is 31.7 Å². The largest absolute Gasteiger partial charge is 0.493 e. The predicted molar refractivity (Wildman–Crippen MR) is 117 cm³/mol. The van der Waals surface area contributed by atoms with Crippen LogP contribution in [0.2, 0.25) is 10.0 Å². The fraction of sp³-hybridized carbons (Fsp3) is 0.286. The van der Waals surface area contributed by atoms with E-state index in [1.54, 1.807) is 18.2 Å². The Morgan fingerprint density at radius 1 is 1.13 bits per heavy atom. The standard InChI is InChI=1S/C21H23Cl2N3O4/c1-3-4-9-24-20(27)21(28)26-25-12-14-10-17(23)19(18(11-14)29-2)30-13-15-7-5-6-8-16(15)22/h5-8,10-12H,3-4,9,13H2,1-2H3,(H,24,27)(H,26,28)/b25-12-. The monoisotopic (exact) mass is 451 g/mol. The quantitative estimate of drug-likeness (QED) is 0.261. The molecule has 2 rings (SSSR count). The number of benzene rings is 2. The van der Waals surface area contributed by atoms with Gasteiger partial charge in [-0.1, -0.05) is 54.7 Å². The summed E-state index contributed by atoms with van der Waals surface area (Å²) in [5.74, 6) is -0.838. The first kappa shape index (κ1) is 23.5. The number of rotatable bonds is 9. The lowest BCUT2D eigenvalue weighted by Crippen LogP contribution is -2.38. The number of carbonyl (C=O) groups excluding carboxylic acids is 2. The van der Waals surface area contributed by atoms with Gasteiger partial charge in [0.2, 0.25) is 0 Å². The van der Waals surface area contributed by atoms with Gasteiger partial charge in [-0.05, 0) is 30.2 Å². The van der Waals surface area contributed by atoms with Gasteiger partial charge < -0.3 is 14.8 Å². The maximum Gasteiger partial charge on any atom is 0.329 e. The van der Waals surface area contributed by atoms with Crippen LogP contribution in [0.1, 0.15) is 30.9 Å². The second-order valence-electron chi connectivity index (χ2n) is 6.22. The lowest BCUT2D eigenvalue weighted by atomic mass is 10.2. The molecule has 7 nitrogen and oxygen atoms in total. The molecule has 0 aliphatic heterocycles. The van der Waals surface area contributed by atoms with E-state index in [0.29, 0.717) is 33.7 Å². The van der Waals surface area contributed by atoms with Crippen molar-refractivity contribution in [2.24, 2.45) is 5.10 Å². The maximum atomic E-state index is 11.7. The number of halogens is 2. The molecule has 2 aromatic rings. The highest BCUT2D eigenvalue weighted by Crippen LogP contribution is 2.37. The van der Waals surface area contributed by atoms with Crippen molar-refractivity contribution in [3.05, 3.63) is 57.6 Å². The highest BCUT2D eigenvalue weighted by Gasteiger charge is 2.14. The Morgan fingerprint density at radius 2 is 1.90 bits per heavy atom. The van der Waals surface area contributed by atoms with E-state index in [2.05, 4.69) is 15.8 Å². The molecule has 2 N–H and O–H groups in total. The Bertz CT molecular complexity index is 919. The lowest BCUT2D eigenvalue weighted by Gasteiger charge is -2.14. The molecule has 0 bridgehead atoms. The Kier molecular flexibility index (Phi) is 9.44. The van der Waals surface area contributed by atoms with Crippen molar-refractivity contribution in [3.63, 3.8) is 0 Å². The van der Waals surface area contributed by atoms with Gasteiger partial charge in [-0.15, -0.1) is 0 Å². The highest BCUT2D eigenvalue weighted by atomic mass is 35.5. The third-order valence-corrected chi connectivity index (χ3v) is 4.63. The summed E-state index contributed by atoms with van der Waals surface area (Å²) in [4.78, 5) is 23.3. The van der Waals surface area contributed by atoms with Crippen LogP contribution in [0, 0.1) is 0 Å². The molecule has 0 fully saturated rings. The summed E-state index contributed by atoms with van der Waals surface area (Å²) >= 11 is 12.5. The summed E-state index contributed by atoms with van der Waals surface area (Å²) in [6.07, 6.45) is 3.07. The van der Waals surface area contributed by atoms with Gasteiger partial charge >= 0.3 is 11.8 Å². The zero-order chi connectivity index (χ0) is 21.9. The molecule has 0 saturated carbocycles. The fourth-order valence-electron chi connectivity index (χ4n) is 2.39. The normalized spacial score (nSPS) is 10.7. The van der Waals surface area contributed by atoms with Gasteiger partial charge in [0.25, 0.3) is 0 Å². The molecule has 30 heavy (non-hydrogen) atoms. The van der Waals surface area contributed by atoms with Crippen LogP contribution in [0.4, 0.5) is 0 Å². The number of hydrazone groups is 1. The molecule has 160 valence electrons. The summed E-state index contributed by atoms with van der Waals surface area (Å²) in [5, 5.41) is 7.18. The van der Waals surface area contributed by atoms with E-state index in [1.807, 2.05) is 25.1 Å². The summed E-state index contributed by atoms with van der Waals surface area (Å²) in [7, 11) is 1.48. The van der Waals surface area contributed by atoms with Gasteiger partial charge in [-0.25, -0.2) is 5.43 Å². The molecule has 0 radical (unpaired) electrons. The number of ether oxygens (including phenoxy) is 2. The molecule has 0 heterocycles. The van der Waals surface area contributed by atoms with Gasteiger partial charge in [0, 0.05) is 17.1 Å². The minimum Gasteiger partial charge on any atom is -0.493 e. The van der Waals surface area contributed by atoms with Gasteiger partial charge in [0.15, 0.2) is 11.5 Å².